The van der Waals surface area contributed by atoms with Crippen LogP contribution in [0.15, 0.2) is 35.5 Å². The molecule has 60 valence electrons. The van der Waals surface area contributed by atoms with Crippen LogP contribution in [-0.2, 0) is 0 Å². The SMILES string of the molecule is C1=C[C@H]2C3=CCC=C3[C@@H]1C21CC1. The van der Waals surface area contributed by atoms with E-state index in [1.165, 1.54) is 19.3 Å². The zero-order valence-electron chi connectivity index (χ0n) is 7.09. The molecule has 12 heavy (non-hydrogen) atoms. The highest BCUT2D eigenvalue weighted by molar-refractivity contribution is 5.57. The Labute approximate surface area is 72.7 Å². The molecule has 4 aliphatic carbocycles. The summed E-state index contributed by atoms with van der Waals surface area (Å²) in [5.74, 6) is 1.66. The van der Waals surface area contributed by atoms with Gasteiger partial charge in [0.2, 0.25) is 0 Å². The largest absolute Gasteiger partial charge is 0.0798 e. The van der Waals surface area contributed by atoms with E-state index in [2.05, 4.69) is 24.3 Å². The average Bonchev–Trinajstić information content (AvgIpc) is 2.51. The highest BCUT2D eigenvalue weighted by Crippen LogP contribution is 2.72. The van der Waals surface area contributed by atoms with Crippen molar-refractivity contribution >= 4 is 0 Å². The number of hydrogen-bond acceptors (Lipinski definition) is 0. The standard InChI is InChI=1S/C12H12/c1-2-8-9(3-1)11-5-4-10(8)12(11)6-7-12/h2-5,10-11H,1,6-7H2/t10-,11+. The van der Waals surface area contributed by atoms with Crippen molar-refractivity contribution in [1.82, 2.24) is 0 Å². The van der Waals surface area contributed by atoms with Crippen LogP contribution in [0.4, 0.5) is 0 Å². The van der Waals surface area contributed by atoms with Crippen molar-refractivity contribution in [3.05, 3.63) is 35.5 Å². The van der Waals surface area contributed by atoms with Crippen molar-refractivity contribution in [3.8, 4) is 0 Å². The first-order valence-corrected chi connectivity index (χ1v) is 5.01. The Kier molecular flexibility index (Phi) is 0.715. The lowest BCUT2D eigenvalue weighted by Gasteiger charge is -2.11. The zero-order chi connectivity index (χ0) is 7.76. The van der Waals surface area contributed by atoms with Gasteiger partial charge in [0, 0.05) is 11.8 Å². The average molecular weight is 156 g/mol. The molecule has 0 heterocycles. The minimum Gasteiger partial charge on any atom is -0.0798 e. The van der Waals surface area contributed by atoms with E-state index in [1.54, 1.807) is 11.1 Å². The van der Waals surface area contributed by atoms with Crippen LogP contribution >= 0.6 is 0 Å². The first-order valence-electron chi connectivity index (χ1n) is 5.01. The van der Waals surface area contributed by atoms with E-state index in [-0.39, 0.29) is 0 Å². The molecule has 0 N–H and O–H groups in total. The molecule has 2 atom stereocenters. The first kappa shape index (κ1) is 5.80. The fourth-order valence-electron chi connectivity index (χ4n) is 3.55. The lowest BCUT2D eigenvalue weighted by molar-refractivity contribution is 0.431. The molecule has 0 saturated heterocycles. The van der Waals surface area contributed by atoms with Crippen molar-refractivity contribution in [2.75, 3.05) is 0 Å². The quantitative estimate of drug-likeness (QED) is 0.473. The summed E-state index contributed by atoms with van der Waals surface area (Å²) in [6.45, 7) is 0. The molecule has 0 nitrogen and oxygen atoms in total. The summed E-state index contributed by atoms with van der Waals surface area (Å²) in [5.41, 5.74) is 4.11. The van der Waals surface area contributed by atoms with Crippen LogP contribution in [0.3, 0.4) is 0 Å². The predicted molar refractivity (Wildman–Crippen MR) is 48.6 cm³/mol. The van der Waals surface area contributed by atoms with Crippen LogP contribution < -0.4 is 0 Å². The summed E-state index contributed by atoms with van der Waals surface area (Å²) >= 11 is 0. The third-order valence-corrected chi connectivity index (χ3v) is 4.24. The van der Waals surface area contributed by atoms with Gasteiger partial charge in [-0.3, -0.25) is 0 Å². The summed E-state index contributed by atoms with van der Waals surface area (Å²) in [7, 11) is 0. The topological polar surface area (TPSA) is 0 Å². The molecule has 2 bridgehead atoms. The van der Waals surface area contributed by atoms with E-state index >= 15 is 0 Å². The molecule has 1 spiro atoms. The molecule has 0 unspecified atom stereocenters. The Balaban J connectivity index is 2.01. The number of rotatable bonds is 0. The van der Waals surface area contributed by atoms with E-state index < -0.39 is 0 Å². The Morgan fingerprint density at radius 2 is 1.58 bits per heavy atom. The van der Waals surface area contributed by atoms with Gasteiger partial charge >= 0.3 is 0 Å². The molecule has 0 heteroatoms. The van der Waals surface area contributed by atoms with Gasteiger partial charge < -0.3 is 0 Å². The Bertz CT molecular complexity index is 320. The molecule has 2 saturated carbocycles. The maximum absolute atomic E-state index is 2.46. The van der Waals surface area contributed by atoms with Crippen LogP contribution in [0.2, 0.25) is 0 Å². The Hall–Kier alpha value is -0.780. The smallest absolute Gasteiger partial charge is 0.00833 e. The second-order valence-corrected chi connectivity index (χ2v) is 4.63. The van der Waals surface area contributed by atoms with Crippen molar-refractivity contribution in [2.45, 2.75) is 19.3 Å². The lowest BCUT2D eigenvalue weighted by Crippen LogP contribution is -2.07. The second-order valence-electron chi connectivity index (χ2n) is 4.63. The molecule has 4 rings (SSSR count). The van der Waals surface area contributed by atoms with Gasteiger partial charge in [0.1, 0.15) is 0 Å². The zero-order valence-corrected chi connectivity index (χ0v) is 7.09. The van der Waals surface area contributed by atoms with E-state index in [1.807, 2.05) is 0 Å². The van der Waals surface area contributed by atoms with Gasteiger partial charge in [-0.1, -0.05) is 24.3 Å². The van der Waals surface area contributed by atoms with Crippen LogP contribution in [0.5, 0.6) is 0 Å². The van der Waals surface area contributed by atoms with Gasteiger partial charge in [-0.15, -0.1) is 0 Å². The molecule has 0 amide bonds. The van der Waals surface area contributed by atoms with E-state index in [9.17, 15) is 0 Å². The van der Waals surface area contributed by atoms with Gasteiger partial charge in [0.05, 0.1) is 0 Å². The summed E-state index contributed by atoms with van der Waals surface area (Å²) in [6.07, 6.45) is 14.0. The van der Waals surface area contributed by atoms with Crippen molar-refractivity contribution < 1.29 is 0 Å². The predicted octanol–water partition coefficient (Wildman–Crippen LogP) is 2.84. The molecule has 0 aromatic heterocycles. The fraction of sp³-hybridized carbons (Fsp3) is 0.500. The number of hydrogen-bond donors (Lipinski definition) is 0. The molecule has 0 aliphatic heterocycles. The molecule has 4 aliphatic rings. The number of fused-ring (bicyclic) bond motifs is 3. The monoisotopic (exact) mass is 156 g/mol. The van der Waals surface area contributed by atoms with E-state index in [0.29, 0.717) is 0 Å². The third-order valence-electron chi connectivity index (χ3n) is 4.24. The van der Waals surface area contributed by atoms with Gasteiger partial charge in [0.25, 0.3) is 0 Å². The highest BCUT2D eigenvalue weighted by Gasteiger charge is 2.63. The fourth-order valence-corrected chi connectivity index (χ4v) is 3.55. The maximum Gasteiger partial charge on any atom is 0.00833 e. The Morgan fingerprint density at radius 3 is 2.08 bits per heavy atom. The molecular weight excluding hydrogens is 144 g/mol. The lowest BCUT2D eigenvalue weighted by atomic mass is 9.91. The van der Waals surface area contributed by atoms with E-state index in [4.69, 9.17) is 0 Å². The molecule has 0 aromatic rings. The van der Waals surface area contributed by atoms with Crippen LogP contribution in [0.1, 0.15) is 19.3 Å². The summed E-state index contributed by atoms with van der Waals surface area (Å²) in [6, 6.07) is 0. The molecule has 0 radical (unpaired) electrons. The minimum atomic E-state index is 0.720. The Morgan fingerprint density at radius 1 is 1.00 bits per heavy atom. The maximum atomic E-state index is 2.46. The molecular formula is C12H12. The van der Waals surface area contributed by atoms with Crippen molar-refractivity contribution in [3.63, 3.8) is 0 Å². The molecule has 2 fully saturated rings. The first-order chi connectivity index (χ1) is 5.92. The number of allylic oxidation sites excluding steroid dienone is 6. The van der Waals surface area contributed by atoms with Gasteiger partial charge in [-0.25, -0.2) is 0 Å². The third kappa shape index (κ3) is 0.405. The van der Waals surface area contributed by atoms with Gasteiger partial charge in [-0.2, -0.15) is 0 Å². The van der Waals surface area contributed by atoms with Crippen LogP contribution in [-0.4, -0.2) is 0 Å². The summed E-state index contributed by atoms with van der Waals surface area (Å²) in [5, 5.41) is 0. The molecule has 0 aromatic carbocycles. The van der Waals surface area contributed by atoms with Gasteiger partial charge in [0.15, 0.2) is 0 Å². The van der Waals surface area contributed by atoms with Crippen molar-refractivity contribution in [2.24, 2.45) is 17.3 Å². The van der Waals surface area contributed by atoms with E-state index in [0.717, 1.165) is 17.3 Å². The van der Waals surface area contributed by atoms with Crippen LogP contribution in [0.25, 0.3) is 0 Å². The van der Waals surface area contributed by atoms with Crippen molar-refractivity contribution in [1.29, 1.82) is 0 Å². The minimum absolute atomic E-state index is 0.720. The van der Waals surface area contributed by atoms with Gasteiger partial charge in [-0.05, 0) is 35.8 Å². The normalized spacial score (nSPS) is 43.3. The summed E-state index contributed by atoms with van der Waals surface area (Å²) < 4.78 is 0. The van der Waals surface area contributed by atoms with Crippen LogP contribution in [0, 0.1) is 17.3 Å². The second kappa shape index (κ2) is 1.48. The highest BCUT2D eigenvalue weighted by atomic mass is 14.7. The summed E-state index contributed by atoms with van der Waals surface area (Å²) in [4.78, 5) is 0.